The molecule has 1 amide bonds. The predicted octanol–water partition coefficient (Wildman–Crippen LogP) is 1.84. The van der Waals surface area contributed by atoms with E-state index in [-0.39, 0.29) is 11.8 Å². The number of carbonyl (C=O) groups excluding carboxylic acids is 1. The van der Waals surface area contributed by atoms with Crippen molar-refractivity contribution in [2.24, 2.45) is 11.8 Å². The van der Waals surface area contributed by atoms with Crippen LogP contribution in [0.5, 0.6) is 0 Å². The second-order valence-electron chi connectivity index (χ2n) is 6.27. The maximum absolute atomic E-state index is 12.1. The van der Waals surface area contributed by atoms with Gasteiger partial charge in [0.05, 0.1) is 0 Å². The van der Waals surface area contributed by atoms with Crippen molar-refractivity contribution in [2.45, 2.75) is 25.7 Å². The van der Waals surface area contributed by atoms with Gasteiger partial charge in [-0.1, -0.05) is 0 Å². The normalized spacial score (nSPS) is 20.8. The molecule has 0 spiro atoms. The van der Waals surface area contributed by atoms with Gasteiger partial charge in [0.2, 0.25) is 5.91 Å². The molecule has 0 atom stereocenters. The number of carbonyl (C=O) groups is 1. The molecule has 5 nitrogen and oxygen atoms in total. The zero-order chi connectivity index (χ0) is 15.2. The lowest BCUT2D eigenvalue weighted by Crippen LogP contribution is -2.41. The first-order chi connectivity index (χ1) is 10.8. The van der Waals surface area contributed by atoms with Crippen molar-refractivity contribution in [1.82, 2.24) is 10.3 Å². The van der Waals surface area contributed by atoms with Crippen molar-refractivity contribution in [3.05, 3.63) is 24.5 Å². The highest BCUT2D eigenvalue weighted by Crippen LogP contribution is 2.22. The van der Waals surface area contributed by atoms with E-state index in [9.17, 15) is 4.79 Å². The number of pyridine rings is 1. The molecule has 3 rings (SSSR count). The number of rotatable bonds is 4. The van der Waals surface area contributed by atoms with Crippen LogP contribution in [0.3, 0.4) is 0 Å². The zero-order valence-electron chi connectivity index (χ0n) is 13.0. The van der Waals surface area contributed by atoms with Crippen LogP contribution in [-0.2, 0) is 9.53 Å². The molecule has 2 saturated heterocycles. The highest BCUT2D eigenvalue weighted by atomic mass is 16.5. The molecule has 1 aromatic heterocycles. The van der Waals surface area contributed by atoms with E-state index >= 15 is 0 Å². The van der Waals surface area contributed by atoms with Gasteiger partial charge in [0, 0.05) is 56.8 Å². The second kappa shape index (κ2) is 7.58. The van der Waals surface area contributed by atoms with Crippen molar-refractivity contribution in [1.29, 1.82) is 0 Å². The molecule has 120 valence electrons. The fourth-order valence-corrected chi connectivity index (χ4v) is 3.30. The molecule has 3 heterocycles. The molecule has 1 N–H and O–H groups in total. The number of nitrogens with one attached hydrogen (secondary N) is 1. The number of nitrogens with zero attached hydrogens (tertiary/aromatic N) is 2. The lowest BCUT2D eigenvalue weighted by Gasteiger charge is -2.34. The number of hydrogen-bond donors (Lipinski definition) is 1. The molecule has 2 fully saturated rings. The SMILES string of the molecule is O=C(NCC1CCN(c2ccncc2)CC1)C1CCOCC1. The molecule has 0 aromatic carbocycles. The average molecular weight is 303 g/mol. The van der Waals surface area contributed by atoms with Crippen molar-refractivity contribution in [3.63, 3.8) is 0 Å². The van der Waals surface area contributed by atoms with Crippen LogP contribution in [0.1, 0.15) is 25.7 Å². The Morgan fingerprint density at radius 2 is 1.86 bits per heavy atom. The Morgan fingerprint density at radius 1 is 1.18 bits per heavy atom. The van der Waals surface area contributed by atoms with E-state index in [1.165, 1.54) is 5.69 Å². The second-order valence-corrected chi connectivity index (χ2v) is 6.27. The van der Waals surface area contributed by atoms with Crippen molar-refractivity contribution in [2.75, 3.05) is 37.7 Å². The van der Waals surface area contributed by atoms with Gasteiger partial charge in [-0.05, 0) is 43.7 Å². The van der Waals surface area contributed by atoms with Gasteiger partial charge < -0.3 is 15.0 Å². The molecule has 22 heavy (non-hydrogen) atoms. The first kappa shape index (κ1) is 15.3. The van der Waals surface area contributed by atoms with Gasteiger partial charge in [-0.2, -0.15) is 0 Å². The van der Waals surface area contributed by atoms with Crippen LogP contribution in [0, 0.1) is 11.8 Å². The number of piperidine rings is 1. The molecule has 0 bridgehead atoms. The molecule has 0 aliphatic carbocycles. The summed E-state index contributed by atoms with van der Waals surface area (Å²) >= 11 is 0. The third-order valence-electron chi connectivity index (χ3n) is 4.80. The topological polar surface area (TPSA) is 54.5 Å². The summed E-state index contributed by atoms with van der Waals surface area (Å²) in [5.74, 6) is 0.979. The monoisotopic (exact) mass is 303 g/mol. The number of ether oxygens (including phenoxy) is 1. The number of aromatic nitrogens is 1. The van der Waals surface area contributed by atoms with Crippen LogP contribution in [0.4, 0.5) is 5.69 Å². The summed E-state index contributed by atoms with van der Waals surface area (Å²) in [4.78, 5) is 18.6. The third-order valence-corrected chi connectivity index (χ3v) is 4.80. The fraction of sp³-hybridized carbons (Fsp3) is 0.647. The van der Waals surface area contributed by atoms with Gasteiger partial charge >= 0.3 is 0 Å². The van der Waals surface area contributed by atoms with Gasteiger partial charge in [0.1, 0.15) is 0 Å². The third kappa shape index (κ3) is 3.97. The van der Waals surface area contributed by atoms with Crippen LogP contribution in [0.15, 0.2) is 24.5 Å². The predicted molar refractivity (Wildman–Crippen MR) is 85.7 cm³/mol. The minimum atomic E-state index is 0.158. The van der Waals surface area contributed by atoms with Crippen molar-refractivity contribution >= 4 is 11.6 Å². The Morgan fingerprint density at radius 3 is 2.55 bits per heavy atom. The van der Waals surface area contributed by atoms with E-state index in [2.05, 4.69) is 27.3 Å². The highest BCUT2D eigenvalue weighted by molar-refractivity contribution is 5.78. The Labute approximate surface area is 132 Å². The molecule has 2 aliphatic rings. The zero-order valence-corrected chi connectivity index (χ0v) is 13.0. The fourth-order valence-electron chi connectivity index (χ4n) is 3.30. The summed E-state index contributed by atoms with van der Waals surface area (Å²) < 4.78 is 5.31. The molecule has 1 aromatic rings. The smallest absolute Gasteiger partial charge is 0.223 e. The van der Waals surface area contributed by atoms with E-state index in [0.29, 0.717) is 5.92 Å². The largest absolute Gasteiger partial charge is 0.381 e. The molecule has 2 aliphatic heterocycles. The summed E-state index contributed by atoms with van der Waals surface area (Å²) in [5, 5.41) is 3.15. The molecule has 0 saturated carbocycles. The van der Waals surface area contributed by atoms with E-state index in [1.807, 2.05) is 12.4 Å². The Hall–Kier alpha value is -1.62. The lowest BCUT2D eigenvalue weighted by atomic mass is 9.95. The van der Waals surface area contributed by atoms with E-state index in [0.717, 1.165) is 58.5 Å². The molecule has 0 unspecified atom stereocenters. The van der Waals surface area contributed by atoms with Crippen LogP contribution < -0.4 is 10.2 Å². The minimum absolute atomic E-state index is 0.158. The van der Waals surface area contributed by atoms with Crippen LogP contribution in [-0.4, -0.2) is 43.7 Å². The first-order valence-corrected chi connectivity index (χ1v) is 8.33. The van der Waals surface area contributed by atoms with Crippen LogP contribution >= 0.6 is 0 Å². The summed E-state index contributed by atoms with van der Waals surface area (Å²) in [6.45, 7) is 4.38. The number of anilines is 1. The van der Waals surface area contributed by atoms with E-state index < -0.39 is 0 Å². The quantitative estimate of drug-likeness (QED) is 0.922. The summed E-state index contributed by atoms with van der Waals surface area (Å²) in [5.41, 5.74) is 1.25. The molecule has 0 radical (unpaired) electrons. The maximum atomic E-state index is 12.1. The number of amides is 1. The Bertz CT molecular complexity index is 466. The highest BCUT2D eigenvalue weighted by Gasteiger charge is 2.24. The van der Waals surface area contributed by atoms with Crippen molar-refractivity contribution < 1.29 is 9.53 Å². The summed E-state index contributed by atoms with van der Waals surface area (Å²) in [6.07, 6.45) is 7.69. The van der Waals surface area contributed by atoms with Gasteiger partial charge in [-0.25, -0.2) is 0 Å². The summed E-state index contributed by atoms with van der Waals surface area (Å²) in [7, 11) is 0. The Balaban J connectivity index is 1.39. The molecule has 5 heteroatoms. The van der Waals surface area contributed by atoms with Gasteiger partial charge in [0.15, 0.2) is 0 Å². The minimum Gasteiger partial charge on any atom is -0.381 e. The first-order valence-electron chi connectivity index (χ1n) is 8.33. The number of hydrogen-bond acceptors (Lipinski definition) is 4. The van der Waals surface area contributed by atoms with E-state index in [1.54, 1.807) is 0 Å². The standard InChI is InChI=1S/C17H25N3O2/c21-17(15-5-11-22-12-6-15)19-13-14-3-9-20(10-4-14)16-1-7-18-8-2-16/h1-2,7-8,14-15H,3-6,9-13H2,(H,19,21). The lowest BCUT2D eigenvalue weighted by molar-refractivity contribution is -0.128. The van der Waals surface area contributed by atoms with E-state index in [4.69, 9.17) is 4.74 Å². The Kier molecular flexibility index (Phi) is 5.27. The van der Waals surface area contributed by atoms with Crippen molar-refractivity contribution in [3.8, 4) is 0 Å². The van der Waals surface area contributed by atoms with Crippen LogP contribution in [0.2, 0.25) is 0 Å². The van der Waals surface area contributed by atoms with Gasteiger partial charge in [-0.15, -0.1) is 0 Å². The van der Waals surface area contributed by atoms with Gasteiger partial charge in [-0.3, -0.25) is 9.78 Å². The molecular weight excluding hydrogens is 278 g/mol. The summed E-state index contributed by atoms with van der Waals surface area (Å²) in [6, 6.07) is 4.13. The average Bonchev–Trinajstić information content (AvgIpc) is 2.61. The maximum Gasteiger partial charge on any atom is 0.223 e. The van der Waals surface area contributed by atoms with Crippen LogP contribution in [0.25, 0.3) is 0 Å². The van der Waals surface area contributed by atoms with Gasteiger partial charge in [0.25, 0.3) is 0 Å². The molecular formula is C17H25N3O2.